The largest absolute Gasteiger partial charge is 0.493 e. The summed E-state index contributed by atoms with van der Waals surface area (Å²) in [7, 11) is 1.64. The molecule has 3 nitrogen and oxygen atoms in total. The average molecular weight is 362 g/mol. The molecule has 2 aromatic carbocycles. The smallest absolute Gasteiger partial charge is 0.180 e. The van der Waals surface area contributed by atoms with Gasteiger partial charge in [-0.05, 0) is 36.2 Å². The minimum Gasteiger partial charge on any atom is -0.493 e. The molecule has 4 heteroatoms. The van der Waals surface area contributed by atoms with Crippen molar-refractivity contribution in [2.45, 2.75) is 45.8 Å². The maximum absolute atomic E-state index is 6.43. The molecule has 2 aromatic rings. The van der Waals surface area contributed by atoms with E-state index in [1.807, 2.05) is 42.5 Å². The van der Waals surface area contributed by atoms with Gasteiger partial charge < -0.3 is 14.8 Å². The van der Waals surface area contributed by atoms with Gasteiger partial charge in [0.15, 0.2) is 11.5 Å². The number of ether oxygens (including phenoxy) is 2. The van der Waals surface area contributed by atoms with E-state index in [0.29, 0.717) is 23.1 Å². The van der Waals surface area contributed by atoms with Crippen LogP contribution in [0.1, 0.15) is 43.7 Å². The summed E-state index contributed by atoms with van der Waals surface area (Å²) >= 11 is 6.43. The summed E-state index contributed by atoms with van der Waals surface area (Å²) in [4.78, 5) is 0. The minimum atomic E-state index is 0.464. The lowest BCUT2D eigenvalue weighted by Gasteiger charge is -2.14. The van der Waals surface area contributed by atoms with Gasteiger partial charge in [0.1, 0.15) is 6.61 Å². The number of benzene rings is 2. The van der Waals surface area contributed by atoms with Crippen LogP contribution >= 0.6 is 11.6 Å². The first-order valence-electron chi connectivity index (χ1n) is 8.98. The number of rotatable bonds is 11. The fraction of sp³-hybridized carbons (Fsp3) is 0.429. The van der Waals surface area contributed by atoms with Gasteiger partial charge in [0.05, 0.1) is 12.1 Å². The molecule has 0 saturated carbocycles. The lowest BCUT2D eigenvalue weighted by Crippen LogP contribution is -2.14. The maximum Gasteiger partial charge on any atom is 0.180 e. The monoisotopic (exact) mass is 361 g/mol. The molecule has 0 bridgehead atoms. The maximum atomic E-state index is 6.43. The Bertz CT molecular complexity index is 631. The van der Waals surface area contributed by atoms with Gasteiger partial charge in [0.2, 0.25) is 0 Å². The molecule has 1 N–H and O–H groups in total. The summed E-state index contributed by atoms with van der Waals surface area (Å²) < 4.78 is 11.4. The highest BCUT2D eigenvalue weighted by Gasteiger charge is 2.12. The Morgan fingerprint density at radius 1 is 1.00 bits per heavy atom. The molecular formula is C21H28ClNO2. The summed E-state index contributed by atoms with van der Waals surface area (Å²) in [6.45, 7) is 4.49. The fourth-order valence-corrected chi connectivity index (χ4v) is 2.94. The molecule has 0 aliphatic rings. The summed E-state index contributed by atoms with van der Waals surface area (Å²) in [5.74, 6) is 1.27. The van der Waals surface area contributed by atoms with Gasteiger partial charge in [-0.1, -0.05) is 68.1 Å². The van der Waals surface area contributed by atoms with E-state index < -0.39 is 0 Å². The highest BCUT2D eigenvalue weighted by Crippen LogP contribution is 2.37. The second-order valence-electron chi connectivity index (χ2n) is 6.12. The Balaban J connectivity index is 1.92. The van der Waals surface area contributed by atoms with Crippen LogP contribution in [-0.4, -0.2) is 13.7 Å². The fourth-order valence-electron chi connectivity index (χ4n) is 2.65. The molecule has 136 valence electrons. The van der Waals surface area contributed by atoms with E-state index in [0.717, 1.165) is 24.2 Å². The zero-order valence-corrected chi connectivity index (χ0v) is 15.9. The number of hydrogen-bond acceptors (Lipinski definition) is 3. The van der Waals surface area contributed by atoms with Crippen LogP contribution < -0.4 is 14.8 Å². The lowest BCUT2D eigenvalue weighted by atomic mass is 10.1. The summed E-state index contributed by atoms with van der Waals surface area (Å²) in [6, 6.07) is 14.0. The van der Waals surface area contributed by atoms with Crippen LogP contribution in [0.2, 0.25) is 5.02 Å². The molecule has 0 unspecified atom stereocenters. The van der Waals surface area contributed by atoms with E-state index in [1.165, 1.54) is 25.7 Å². The van der Waals surface area contributed by atoms with Gasteiger partial charge in [0.25, 0.3) is 0 Å². The SMILES string of the molecule is CCCCCCNCc1cc(Cl)c(OCc2ccccc2)c(OC)c1. The number of halogens is 1. The third kappa shape index (κ3) is 6.60. The molecule has 2 rings (SSSR count). The minimum absolute atomic E-state index is 0.464. The van der Waals surface area contributed by atoms with Gasteiger partial charge in [-0.2, -0.15) is 0 Å². The Kier molecular flexibility index (Phi) is 8.64. The Hall–Kier alpha value is -1.71. The zero-order valence-electron chi connectivity index (χ0n) is 15.2. The molecule has 0 saturated heterocycles. The summed E-state index contributed by atoms with van der Waals surface area (Å²) in [5, 5.41) is 4.04. The number of unbranched alkanes of at least 4 members (excludes halogenated alkanes) is 3. The zero-order chi connectivity index (χ0) is 17.9. The van der Waals surface area contributed by atoms with Crippen molar-refractivity contribution in [1.82, 2.24) is 5.32 Å². The van der Waals surface area contributed by atoms with Crippen LogP contribution in [0.5, 0.6) is 11.5 Å². The van der Waals surface area contributed by atoms with Crippen LogP contribution in [0, 0.1) is 0 Å². The van der Waals surface area contributed by atoms with Crippen LogP contribution in [0.3, 0.4) is 0 Å². The lowest BCUT2D eigenvalue weighted by molar-refractivity contribution is 0.284. The van der Waals surface area contributed by atoms with E-state index >= 15 is 0 Å². The second-order valence-corrected chi connectivity index (χ2v) is 6.53. The van der Waals surface area contributed by atoms with Crippen molar-refractivity contribution in [2.75, 3.05) is 13.7 Å². The van der Waals surface area contributed by atoms with Crippen molar-refractivity contribution in [3.63, 3.8) is 0 Å². The van der Waals surface area contributed by atoms with Crippen LogP contribution in [0.25, 0.3) is 0 Å². The molecule has 0 atom stereocenters. The first-order chi connectivity index (χ1) is 12.2. The van der Waals surface area contributed by atoms with Gasteiger partial charge in [-0.25, -0.2) is 0 Å². The first-order valence-corrected chi connectivity index (χ1v) is 9.36. The van der Waals surface area contributed by atoms with E-state index in [-0.39, 0.29) is 0 Å². The Morgan fingerprint density at radius 2 is 1.80 bits per heavy atom. The summed E-state index contributed by atoms with van der Waals surface area (Å²) in [5.41, 5.74) is 2.20. The van der Waals surface area contributed by atoms with Crippen LogP contribution in [0.4, 0.5) is 0 Å². The standard InChI is InChI=1S/C21H28ClNO2/c1-3-4-5-9-12-23-15-18-13-19(22)21(20(14-18)24-2)25-16-17-10-7-6-8-11-17/h6-8,10-11,13-14,23H,3-5,9,12,15-16H2,1-2H3. The molecule has 25 heavy (non-hydrogen) atoms. The van der Waals surface area contributed by atoms with Gasteiger partial charge in [0, 0.05) is 6.54 Å². The van der Waals surface area contributed by atoms with E-state index in [9.17, 15) is 0 Å². The van der Waals surface area contributed by atoms with E-state index in [4.69, 9.17) is 21.1 Å². The molecule has 0 amide bonds. The predicted octanol–water partition coefficient (Wildman–Crippen LogP) is 5.60. The topological polar surface area (TPSA) is 30.5 Å². The highest BCUT2D eigenvalue weighted by atomic mass is 35.5. The molecule has 0 fully saturated rings. The number of hydrogen-bond donors (Lipinski definition) is 1. The predicted molar refractivity (Wildman–Crippen MR) is 105 cm³/mol. The van der Waals surface area contributed by atoms with Crippen molar-refractivity contribution >= 4 is 11.6 Å². The van der Waals surface area contributed by atoms with Gasteiger partial charge in [-0.3, -0.25) is 0 Å². The Labute approximate surface area is 156 Å². The molecular weight excluding hydrogens is 334 g/mol. The van der Waals surface area contributed by atoms with Gasteiger partial charge >= 0.3 is 0 Å². The average Bonchev–Trinajstić information content (AvgIpc) is 2.64. The summed E-state index contributed by atoms with van der Waals surface area (Å²) in [6.07, 6.45) is 5.04. The van der Waals surface area contributed by atoms with Crippen molar-refractivity contribution < 1.29 is 9.47 Å². The van der Waals surface area contributed by atoms with Crippen LogP contribution in [0.15, 0.2) is 42.5 Å². The molecule has 0 aliphatic heterocycles. The van der Waals surface area contributed by atoms with Crippen LogP contribution in [-0.2, 0) is 13.2 Å². The van der Waals surface area contributed by atoms with Gasteiger partial charge in [-0.15, -0.1) is 0 Å². The van der Waals surface area contributed by atoms with E-state index in [2.05, 4.69) is 12.2 Å². The third-order valence-electron chi connectivity index (χ3n) is 4.05. The Morgan fingerprint density at radius 3 is 2.52 bits per heavy atom. The third-order valence-corrected chi connectivity index (χ3v) is 4.33. The molecule has 0 heterocycles. The first kappa shape index (κ1) is 19.6. The van der Waals surface area contributed by atoms with Crippen molar-refractivity contribution in [1.29, 1.82) is 0 Å². The molecule has 0 spiro atoms. The van der Waals surface area contributed by atoms with E-state index in [1.54, 1.807) is 7.11 Å². The number of nitrogens with one attached hydrogen (secondary N) is 1. The van der Waals surface area contributed by atoms with Crippen molar-refractivity contribution in [2.24, 2.45) is 0 Å². The highest BCUT2D eigenvalue weighted by molar-refractivity contribution is 6.32. The van der Waals surface area contributed by atoms with Crippen molar-refractivity contribution in [3.05, 3.63) is 58.6 Å². The molecule has 0 aromatic heterocycles. The normalized spacial score (nSPS) is 10.7. The molecule has 0 radical (unpaired) electrons. The molecule has 0 aliphatic carbocycles. The quantitative estimate of drug-likeness (QED) is 0.528. The van der Waals surface area contributed by atoms with Crippen molar-refractivity contribution in [3.8, 4) is 11.5 Å². The number of methoxy groups -OCH3 is 1. The second kappa shape index (κ2) is 11.0.